The Kier molecular flexibility index (Phi) is 5.51. The molecule has 0 unspecified atom stereocenters. The number of amides is 1. The second kappa shape index (κ2) is 8.05. The summed E-state index contributed by atoms with van der Waals surface area (Å²) in [5, 5.41) is 1.01. The number of hydrogen-bond donors (Lipinski definition) is 0. The van der Waals surface area contributed by atoms with Gasteiger partial charge in [0.2, 0.25) is 5.91 Å². The predicted octanol–water partition coefficient (Wildman–Crippen LogP) is 2.48. The third-order valence-electron chi connectivity index (χ3n) is 6.17. The average Bonchev–Trinajstić information content (AvgIpc) is 2.72. The number of likely N-dealkylation sites (tertiary alicyclic amines) is 1. The van der Waals surface area contributed by atoms with Crippen molar-refractivity contribution >= 4 is 16.9 Å². The van der Waals surface area contributed by atoms with Crippen molar-refractivity contribution in [3.05, 3.63) is 45.3 Å². The fraction of sp³-hybridized carbons (Fsp3) is 0.545. The Morgan fingerprint density at radius 1 is 1.11 bits per heavy atom. The molecule has 1 aromatic carbocycles. The van der Waals surface area contributed by atoms with Crippen LogP contribution in [0.2, 0.25) is 0 Å². The zero-order chi connectivity index (χ0) is 19.7. The van der Waals surface area contributed by atoms with Gasteiger partial charge in [0, 0.05) is 37.0 Å². The number of carbonyl (C=O) groups excluding carboxylic acids is 1. The summed E-state index contributed by atoms with van der Waals surface area (Å²) in [5.74, 6) is 0.386. The van der Waals surface area contributed by atoms with Crippen LogP contribution < -0.4 is 5.63 Å². The number of fused-ring (bicyclic) bond motifs is 1. The lowest BCUT2D eigenvalue weighted by Gasteiger charge is -2.35. The highest BCUT2D eigenvalue weighted by Crippen LogP contribution is 2.26. The lowest BCUT2D eigenvalue weighted by molar-refractivity contribution is -0.141. The fourth-order valence-corrected chi connectivity index (χ4v) is 4.28. The second-order valence-electron chi connectivity index (χ2n) is 7.96. The summed E-state index contributed by atoms with van der Waals surface area (Å²) in [7, 11) is 0. The summed E-state index contributed by atoms with van der Waals surface area (Å²) in [4.78, 5) is 29.1. The van der Waals surface area contributed by atoms with Crippen LogP contribution in [0.25, 0.3) is 11.0 Å². The molecule has 0 saturated carbocycles. The molecule has 3 heterocycles. The van der Waals surface area contributed by atoms with E-state index in [-0.39, 0.29) is 17.5 Å². The minimum Gasteiger partial charge on any atom is -0.422 e. The molecule has 2 aromatic rings. The first-order chi connectivity index (χ1) is 13.5. The van der Waals surface area contributed by atoms with E-state index in [2.05, 4.69) is 11.0 Å². The molecule has 0 radical (unpaired) electrons. The summed E-state index contributed by atoms with van der Waals surface area (Å²) in [5.41, 5.74) is 3.54. The molecule has 2 fully saturated rings. The van der Waals surface area contributed by atoms with Gasteiger partial charge in [0.1, 0.15) is 5.58 Å². The van der Waals surface area contributed by atoms with Gasteiger partial charge in [0.15, 0.2) is 0 Å². The molecule has 1 amide bonds. The largest absolute Gasteiger partial charge is 0.422 e. The number of hydrogen-bond acceptors (Lipinski definition) is 5. The van der Waals surface area contributed by atoms with Crippen molar-refractivity contribution in [2.24, 2.45) is 5.92 Å². The Morgan fingerprint density at radius 3 is 2.54 bits per heavy atom. The molecule has 28 heavy (non-hydrogen) atoms. The molecule has 2 aliphatic rings. The number of rotatable bonds is 3. The third kappa shape index (κ3) is 3.84. The summed E-state index contributed by atoms with van der Waals surface area (Å²) in [6, 6.07) is 5.74. The van der Waals surface area contributed by atoms with Crippen LogP contribution in [0.5, 0.6) is 0 Å². The number of nitrogens with zero attached hydrogens (tertiary/aromatic N) is 2. The molecule has 0 N–H and O–H groups in total. The van der Waals surface area contributed by atoms with Crippen LogP contribution in [-0.2, 0) is 16.1 Å². The minimum atomic E-state index is -0.298. The van der Waals surface area contributed by atoms with Crippen molar-refractivity contribution in [3.63, 3.8) is 0 Å². The predicted molar refractivity (Wildman–Crippen MR) is 107 cm³/mol. The van der Waals surface area contributed by atoms with Gasteiger partial charge in [-0.2, -0.15) is 0 Å². The van der Waals surface area contributed by atoms with Gasteiger partial charge in [-0.05, 0) is 56.5 Å². The van der Waals surface area contributed by atoms with E-state index in [0.29, 0.717) is 38.4 Å². The van der Waals surface area contributed by atoms with Gasteiger partial charge >= 0.3 is 5.63 Å². The van der Waals surface area contributed by atoms with Crippen LogP contribution in [0.3, 0.4) is 0 Å². The van der Waals surface area contributed by atoms with Gasteiger partial charge in [-0.1, -0.05) is 12.1 Å². The summed E-state index contributed by atoms with van der Waals surface area (Å²) < 4.78 is 10.8. The number of ether oxygens (including phenoxy) is 1. The van der Waals surface area contributed by atoms with Crippen LogP contribution in [0, 0.1) is 19.8 Å². The molecule has 6 heteroatoms. The standard InChI is InChI=1S/C22H28N2O4/c1-15-3-4-19-18(13-20(25)28-21(19)16(15)2)14-23-7-5-17(6-8-23)22(26)24-9-11-27-12-10-24/h3-4,13,17H,5-12,14H2,1-2H3. The van der Waals surface area contributed by atoms with Crippen LogP contribution in [0.1, 0.15) is 29.5 Å². The van der Waals surface area contributed by atoms with Gasteiger partial charge in [-0.25, -0.2) is 4.79 Å². The van der Waals surface area contributed by atoms with Crippen LogP contribution in [0.4, 0.5) is 0 Å². The Morgan fingerprint density at radius 2 is 1.82 bits per heavy atom. The number of aryl methyl sites for hydroxylation is 2. The average molecular weight is 384 g/mol. The van der Waals surface area contributed by atoms with E-state index in [1.54, 1.807) is 6.07 Å². The fourth-order valence-electron chi connectivity index (χ4n) is 4.28. The van der Waals surface area contributed by atoms with E-state index >= 15 is 0 Å². The van der Waals surface area contributed by atoms with E-state index in [1.165, 1.54) is 0 Å². The van der Waals surface area contributed by atoms with Crippen molar-refractivity contribution in [2.75, 3.05) is 39.4 Å². The Hall–Kier alpha value is -2.18. The van der Waals surface area contributed by atoms with Crippen molar-refractivity contribution in [1.82, 2.24) is 9.80 Å². The minimum absolute atomic E-state index is 0.108. The smallest absolute Gasteiger partial charge is 0.336 e. The molecule has 0 aliphatic carbocycles. The number of carbonyl (C=O) groups is 1. The lowest BCUT2D eigenvalue weighted by atomic mass is 9.94. The monoisotopic (exact) mass is 384 g/mol. The number of benzene rings is 1. The second-order valence-corrected chi connectivity index (χ2v) is 7.96. The molecular formula is C22H28N2O4. The maximum Gasteiger partial charge on any atom is 0.336 e. The first-order valence-corrected chi connectivity index (χ1v) is 10.1. The molecule has 0 spiro atoms. The molecule has 0 bridgehead atoms. The Labute approximate surface area is 165 Å². The zero-order valence-electron chi connectivity index (χ0n) is 16.7. The number of morpholine rings is 1. The third-order valence-corrected chi connectivity index (χ3v) is 6.17. The Balaban J connectivity index is 1.44. The summed E-state index contributed by atoms with van der Waals surface area (Å²) in [6.45, 7) is 9.18. The molecule has 2 aliphatic heterocycles. The highest BCUT2D eigenvalue weighted by molar-refractivity contribution is 5.84. The van der Waals surface area contributed by atoms with Crippen molar-refractivity contribution in [2.45, 2.75) is 33.2 Å². The summed E-state index contributed by atoms with van der Waals surface area (Å²) in [6.07, 6.45) is 1.74. The first-order valence-electron chi connectivity index (χ1n) is 10.1. The van der Waals surface area contributed by atoms with Crippen LogP contribution >= 0.6 is 0 Å². The van der Waals surface area contributed by atoms with E-state index in [9.17, 15) is 9.59 Å². The highest BCUT2D eigenvalue weighted by atomic mass is 16.5. The number of piperidine rings is 1. The van der Waals surface area contributed by atoms with E-state index in [4.69, 9.17) is 9.15 Å². The molecular weight excluding hydrogens is 356 g/mol. The summed E-state index contributed by atoms with van der Waals surface area (Å²) >= 11 is 0. The van der Waals surface area contributed by atoms with Crippen LogP contribution in [-0.4, -0.2) is 55.1 Å². The van der Waals surface area contributed by atoms with Gasteiger partial charge in [0.25, 0.3) is 0 Å². The molecule has 2 saturated heterocycles. The van der Waals surface area contributed by atoms with Crippen molar-refractivity contribution < 1.29 is 13.9 Å². The SMILES string of the molecule is Cc1ccc2c(CN3CCC(C(=O)N4CCOCC4)CC3)cc(=O)oc2c1C. The van der Waals surface area contributed by atoms with E-state index in [1.807, 2.05) is 24.8 Å². The lowest BCUT2D eigenvalue weighted by Crippen LogP contribution is -2.46. The first kappa shape index (κ1) is 19.2. The maximum atomic E-state index is 12.7. The normalized spacial score (nSPS) is 19.3. The van der Waals surface area contributed by atoms with Gasteiger partial charge in [0.05, 0.1) is 13.2 Å². The molecule has 6 nitrogen and oxygen atoms in total. The zero-order valence-corrected chi connectivity index (χ0v) is 16.7. The topological polar surface area (TPSA) is 63.0 Å². The van der Waals surface area contributed by atoms with Crippen molar-refractivity contribution in [1.29, 1.82) is 0 Å². The van der Waals surface area contributed by atoms with Gasteiger partial charge in [-0.15, -0.1) is 0 Å². The van der Waals surface area contributed by atoms with Crippen LogP contribution in [0.15, 0.2) is 27.4 Å². The molecule has 4 rings (SSSR count). The molecule has 1 aromatic heterocycles. The van der Waals surface area contributed by atoms with Crippen molar-refractivity contribution in [3.8, 4) is 0 Å². The van der Waals surface area contributed by atoms with E-state index in [0.717, 1.165) is 48.0 Å². The Bertz CT molecular complexity index is 922. The quantitative estimate of drug-likeness (QED) is 0.761. The maximum absolute atomic E-state index is 12.7. The molecule has 0 atom stereocenters. The molecule has 150 valence electrons. The van der Waals surface area contributed by atoms with Gasteiger partial charge < -0.3 is 14.1 Å². The highest BCUT2D eigenvalue weighted by Gasteiger charge is 2.29. The van der Waals surface area contributed by atoms with Gasteiger partial charge in [-0.3, -0.25) is 9.69 Å². The van der Waals surface area contributed by atoms with E-state index < -0.39 is 0 Å².